The minimum Gasteiger partial charge on any atom is -0.252 e. The molecule has 0 amide bonds. The molecule has 0 saturated carbocycles. The van der Waals surface area contributed by atoms with Gasteiger partial charge in [-0.05, 0) is 41.8 Å². The summed E-state index contributed by atoms with van der Waals surface area (Å²) in [5.74, 6) is 0. The normalized spacial score (nSPS) is 11.0. The molecular formula is C25H17N2S. The second kappa shape index (κ2) is 7.37. The Morgan fingerprint density at radius 1 is 0.607 bits per heavy atom. The Labute approximate surface area is 168 Å². The molecular weight excluding hydrogens is 360 g/mol. The van der Waals surface area contributed by atoms with E-state index in [4.69, 9.17) is 9.97 Å². The van der Waals surface area contributed by atoms with Crippen molar-refractivity contribution < 1.29 is 0 Å². The Morgan fingerprint density at radius 3 is 2.07 bits per heavy atom. The van der Waals surface area contributed by atoms with Gasteiger partial charge in [0.2, 0.25) is 0 Å². The van der Waals surface area contributed by atoms with E-state index in [0.29, 0.717) is 0 Å². The highest BCUT2D eigenvalue weighted by Gasteiger charge is 2.08. The van der Waals surface area contributed by atoms with Gasteiger partial charge in [-0.3, -0.25) is 9.97 Å². The van der Waals surface area contributed by atoms with Crippen molar-refractivity contribution in [3.63, 3.8) is 0 Å². The molecule has 3 aromatic heterocycles. The summed E-state index contributed by atoms with van der Waals surface area (Å²) in [6, 6.07) is 33.1. The van der Waals surface area contributed by atoms with Crippen LogP contribution in [0.25, 0.3) is 31.9 Å². The number of benzene rings is 2. The zero-order valence-corrected chi connectivity index (χ0v) is 15.9. The maximum atomic E-state index is 4.85. The third kappa shape index (κ3) is 3.45. The van der Waals surface area contributed by atoms with Crippen molar-refractivity contribution >= 4 is 21.4 Å². The first-order chi connectivity index (χ1) is 13.8. The van der Waals surface area contributed by atoms with E-state index in [9.17, 15) is 0 Å². The molecule has 0 saturated heterocycles. The Kier molecular flexibility index (Phi) is 4.43. The number of fused-ring (bicyclic) bond motifs is 1. The van der Waals surface area contributed by atoms with Crippen LogP contribution in [-0.2, 0) is 0 Å². The van der Waals surface area contributed by atoms with Crippen LogP contribution in [0.2, 0.25) is 0 Å². The van der Waals surface area contributed by atoms with Crippen molar-refractivity contribution in [3.8, 4) is 21.8 Å². The monoisotopic (exact) mass is 377 g/mol. The highest BCUT2D eigenvalue weighted by atomic mass is 32.1. The lowest BCUT2D eigenvalue weighted by molar-refractivity contribution is 1.16. The van der Waals surface area contributed by atoms with Crippen LogP contribution in [0.3, 0.4) is 0 Å². The number of rotatable bonds is 4. The molecule has 133 valence electrons. The molecule has 0 aliphatic carbocycles. The molecule has 0 fully saturated rings. The van der Waals surface area contributed by atoms with Crippen LogP contribution in [0, 0.1) is 6.42 Å². The molecule has 0 unspecified atom stereocenters. The van der Waals surface area contributed by atoms with Gasteiger partial charge in [0.1, 0.15) is 0 Å². The van der Waals surface area contributed by atoms with Gasteiger partial charge in [0.05, 0.1) is 34.1 Å². The highest BCUT2D eigenvalue weighted by Crippen LogP contribution is 2.32. The van der Waals surface area contributed by atoms with Crippen molar-refractivity contribution in [1.82, 2.24) is 9.97 Å². The van der Waals surface area contributed by atoms with Gasteiger partial charge in [0.15, 0.2) is 0 Å². The molecule has 0 bridgehead atoms. The summed E-state index contributed by atoms with van der Waals surface area (Å²) in [4.78, 5) is 10.8. The van der Waals surface area contributed by atoms with E-state index in [1.54, 1.807) is 11.3 Å². The molecule has 3 heterocycles. The summed E-state index contributed by atoms with van der Waals surface area (Å²) < 4.78 is 1.28. The van der Waals surface area contributed by atoms with E-state index in [1.165, 1.54) is 15.0 Å². The number of nitrogens with zero attached hydrogens (tertiary/aromatic N) is 2. The van der Waals surface area contributed by atoms with Crippen LogP contribution in [0.15, 0.2) is 97.1 Å². The fourth-order valence-electron chi connectivity index (χ4n) is 3.23. The van der Waals surface area contributed by atoms with Crippen molar-refractivity contribution in [3.05, 3.63) is 115 Å². The third-order valence-corrected chi connectivity index (χ3v) is 5.72. The number of hydrogen-bond donors (Lipinski definition) is 0. The molecule has 1 radical (unpaired) electrons. The van der Waals surface area contributed by atoms with Gasteiger partial charge in [-0.25, -0.2) is 0 Å². The molecule has 2 aromatic carbocycles. The van der Waals surface area contributed by atoms with E-state index in [0.717, 1.165) is 28.3 Å². The smallest absolute Gasteiger partial charge is 0.0805 e. The average Bonchev–Trinajstić information content (AvgIpc) is 3.19. The summed E-state index contributed by atoms with van der Waals surface area (Å²) >= 11 is 1.77. The van der Waals surface area contributed by atoms with Gasteiger partial charge in [-0.1, -0.05) is 60.7 Å². The first kappa shape index (κ1) is 16.8. The van der Waals surface area contributed by atoms with E-state index in [-0.39, 0.29) is 0 Å². The van der Waals surface area contributed by atoms with Gasteiger partial charge >= 0.3 is 0 Å². The van der Waals surface area contributed by atoms with Crippen LogP contribution in [0.1, 0.15) is 11.4 Å². The third-order valence-electron chi connectivity index (χ3n) is 4.58. The summed E-state index contributed by atoms with van der Waals surface area (Å²) in [6.45, 7) is 0. The minimum atomic E-state index is 0.905. The fourth-order valence-corrected chi connectivity index (χ4v) is 4.26. The van der Waals surface area contributed by atoms with Gasteiger partial charge in [0.25, 0.3) is 0 Å². The molecule has 0 spiro atoms. The standard InChI is InChI=1S/C25H17N2S/c1-2-8-18(9-3-1)22-13-6-11-20(26-22)17-21-12-7-14-23(27-21)25-16-19-10-4-5-15-24(19)28-25/h1-17H. The zero-order chi connectivity index (χ0) is 18.8. The second-order valence-corrected chi connectivity index (χ2v) is 7.64. The topological polar surface area (TPSA) is 25.8 Å². The van der Waals surface area contributed by atoms with E-state index in [2.05, 4.69) is 54.6 Å². The number of aromatic nitrogens is 2. The van der Waals surface area contributed by atoms with Gasteiger partial charge in [0, 0.05) is 10.3 Å². The molecule has 5 rings (SSSR count). The summed E-state index contributed by atoms with van der Waals surface area (Å²) in [7, 11) is 0. The van der Waals surface area contributed by atoms with Gasteiger partial charge in [-0.15, -0.1) is 11.3 Å². The van der Waals surface area contributed by atoms with E-state index >= 15 is 0 Å². The Balaban J connectivity index is 1.44. The lowest BCUT2D eigenvalue weighted by Gasteiger charge is -2.05. The highest BCUT2D eigenvalue weighted by molar-refractivity contribution is 7.22. The van der Waals surface area contributed by atoms with Crippen molar-refractivity contribution in [2.45, 2.75) is 0 Å². The summed E-state index contributed by atoms with van der Waals surface area (Å²) in [5.41, 5.74) is 4.89. The Bertz CT molecular complexity index is 1210. The van der Waals surface area contributed by atoms with Crippen LogP contribution in [0.5, 0.6) is 0 Å². The molecule has 28 heavy (non-hydrogen) atoms. The molecule has 0 atom stereocenters. The second-order valence-electron chi connectivity index (χ2n) is 6.55. The summed E-state index contributed by atoms with van der Waals surface area (Å²) in [6.07, 6.45) is 2.03. The number of thiophene rings is 1. The predicted molar refractivity (Wildman–Crippen MR) is 117 cm³/mol. The molecule has 3 heteroatoms. The predicted octanol–water partition coefficient (Wildman–Crippen LogP) is 6.63. The van der Waals surface area contributed by atoms with Gasteiger partial charge in [-0.2, -0.15) is 0 Å². The SMILES string of the molecule is [CH](c1cccc(-c2ccccc2)n1)c1cccc(-c2cc3ccccc3s2)n1. The number of hydrogen-bond acceptors (Lipinski definition) is 3. The zero-order valence-electron chi connectivity index (χ0n) is 15.1. The molecule has 0 aliphatic rings. The van der Waals surface area contributed by atoms with E-state index in [1.807, 2.05) is 48.9 Å². The van der Waals surface area contributed by atoms with Crippen LogP contribution in [-0.4, -0.2) is 9.97 Å². The van der Waals surface area contributed by atoms with Crippen LogP contribution < -0.4 is 0 Å². The van der Waals surface area contributed by atoms with E-state index < -0.39 is 0 Å². The molecule has 5 aromatic rings. The quantitative estimate of drug-likeness (QED) is 0.351. The van der Waals surface area contributed by atoms with Gasteiger partial charge < -0.3 is 0 Å². The largest absolute Gasteiger partial charge is 0.252 e. The molecule has 2 nitrogen and oxygen atoms in total. The number of pyridine rings is 2. The average molecular weight is 377 g/mol. The maximum Gasteiger partial charge on any atom is 0.0805 e. The first-order valence-electron chi connectivity index (χ1n) is 9.18. The Hall–Kier alpha value is -3.30. The van der Waals surface area contributed by atoms with Crippen LogP contribution in [0.4, 0.5) is 0 Å². The maximum absolute atomic E-state index is 4.85. The first-order valence-corrected chi connectivity index (χ1v) is 10.00. The Morgan fingerprint density at radius 2 is 1.29 bits per heavy atom. The van der Waals surface area contributed by atoms with Crippen molar-refractivity contribution in [2.24, 2.45) is 0 Å². The van der Waals surface area contributed by atoms with Crippen molar-refractivity contribution in [2.75, 3.05) is 0 Å². The lowest BCUT2D eigenvalue weighted by Crippen LogP contribution is -1.95. The van der Waals surface area contributed by atoms with Crippen molar-refractivity contribution in [1.29, 1.82) is 0 Å². The molecule has 0 N–H and O–H groups in total. The minimum absolute atomic E-state index is 0.905. The fraction of sp³-hybridized carbons (Fsp3) is 0. The van der Waals surface area contributed by atoms with Crippen LogP contribution >= 0.6 is 11.3 Å². The lowest BCUT2D eigenvalue weighted by atomic mass is 10.1. The molecule has 0 aliphatic heterocycles. The summed E-state index contributed by atoms with van der Waals surface area (Å²) in [5, 5.41) is 1.26.